The fourth-order valence-electron chi connectivity index (χ4n) is 15.7. The van der Waals surface area contributed by atoms with E-state index < -0.39 is 117 Å². The van der Waals surface area contributed by atoms with Crippen LogP contribution in [-0.2, 0) is 39.9 Å². The van der Waals surface area contributed by atoms with E-state index in [2.05, 4.69) is 41.2 Å². The van der Waals surface area contributed by atoms with Crippen molar-refractivity contribution in [1.82, 2.24) is 38.2 Å². The Balaban J connectivity index is 0.000000125. The molecule has 3 saturated heterocycles. The molecule has 11 heterocycles. The standard InChI is InChI=1S/C20H23F2N3O2.C19H21F2N3O3.2C18H19F2N3O3/c1-11-7-8-15(21)13(9-11)17-16(22)10-14-18(23-17)24-20(27)25(19(14)26)12-5-3-2-4-6-12;1-10-2-3-14(20)12(8-10)16-15(21)9-13-17(22-16)23-19(26)24(18(13)25)11-4-6-27-7-5-11;2*19-11-3-1-2-10(8-11)15-14(20)9-13-16(21-15)22-18(25)23(17(13)24)12-4-6-26-7-5-12/h7-9,12,16-17,23H,2-6,10H2,1H3,(H,24,27);2-3,8,11,15-16,22H,4-7,9H2,1H3,(H,23,26);2*1-3,8,12,14-15,21H,4-7,9H2,(H,22,25)/t16-,17-;15-,16+;14-,15+;14-,15-/m0110/s1. The van der Waals surface area contributed by atoms with Crippen LogP contribution in [0.2, 0.25) is 0 Å². The van der Waals surface area contributed by atoms with Crippen LogP contribution in [0.15, 0.2) is 123 Å². The predicted octanol–water partition coefficient (Wildman–Crippen LogP) is 10.1. The van der Waals surface area contributed by atoms with Crippen LogP contribution in [0.4, 0.5) is 58.4 Å². The Hall–Kier alpha value is -9.88. The summed E-state index contributed by atoms with van der Waals surface area (Å²) in [5.41, 5.74) is -0.220. The van der Waals surface area contributed by atoms with Gasteiger partial charge < -0.3 is 35.5 Å². The fraction of sp³-hybridized carbons (Fsp3) is 0.467. The predicted molar refractivity (Wildman–Crippen MR) is 380 cm³/mol. The van der Waals surface area contributed by atoms with Crippen molar-refractivity contribution in [3.8, 4) is 0 Å². The molecule has 16 rings (SSSR count). The number of fused-ring (bicyclic) bond motifs is 4. The quantitative estimate of drug-likeness (QED) is 0.0657. The number of aromatic nitrogens is 8. The highest BCUT2D eigenvalue weighted by molar-refractivity contribution is 5.53. The third-order valence-corrected chi connectivity index (χ3v) is 21.2. The first-order chi connectivity index (χ1) is 51.0. The molecule has 4 aromatic carbocycles. The number of rotatable bonds is 8. The third kappa shape index (κ3) is 15.7. The molecule has 564 valence electrons. The second-order valence-electron chi connectivity index (χ2n) is 28.2. The minimum absolute atomic E-state index is 0.134. The Morgan fingerprint density at radius 3 is 0.934 bits per heavy atom. The van der Waals surface area contributed by atoms with E-state index in [4.69, 9.17) is 14.2 Å². The van der Waals surface area contributed by atoms with Gasteiger partial charge in [-0.15, -0.1) is 0 Å². The number of aromatic amines is 4. The average molecular weight is 1480 g/mol. The summed E-state index contributed by atoms with van der Waals surface area (Å²) >= 11 is 0. The van der Waals surface area contributed by atoms with Gasteiger partial charge in [0.25, 0.3) is 22.2 Å². The lowest BCUT2D eigenvalue weighted by atomic mass is 9.92. The molecule has 8 aliphatic rings. The van der Waals surface area contributed by atoms with Gasteiger partial charge in [-0.25, -0.2) is 54.3 Å². The zero-order chi connectivity index (χ0) is 74.8. The Kier molecular flexibility index (Phi) is 22.5. The van der Waals surface area contributed by atoms with E-state index in [1.54, 1.807) is 50.2 Å². The molecule has 7 aliphatic heterocycles. The maximum absolute atomic E-state index is 14.9. The van der Waals surface area contributed by atoms with Crippen LogP contribution in [0.25, 0.3) is 0 Å². The molecule has 31 heteroatoms. The van der Waals surface area contributed by atoms with Crippen LogP contribution in [-0.4, -0.2) is 103 Å². The van der Waals surface area contributed by atoms with E-state index in [9.17, 15) is 73.5 Å². The van der Waals surface area contributed by atoms with Gasteiger partial charge in [0, 0.05) is 101 Å². The summed E-state index contributed by atoms with van der Waals surface area (Å²) in [5, 5.41) is 11.4. The molecule has 8 N–H and O–H groups in total. The number of hydrogen-bond donors (Lipinski definition) is 8. The van der Waals surface area contributed by atoms with Gasteiger partial charge >= 0.3 is 22.8 Å². The first kappa shape index (κ1) is 74.4. The lowest BCUT2D eigenvalue weighted by molar-refractivity contribution is 0.0671. The maximum Gasteiger partial charge on any atom is 0.330 e. The lowest BCUT2D eigenvalue weighted by Gasteiger charge is -2.31. The van der Waals surface area contributed by atoms with Gasteiger partial charge in [-0.05, 0) is 113 Å². The Bertz CT molecular complexity index is 4760. The van der Waals surface area contributed by atoms with Crippen LogP contribution in [0.3, 0.4) is 0 Å². The summed E-state index contributed by atoms with van der Waals surface area (Å²) in [6.45, 7) is 6.49. The van der Waals surface area contributed by atoms with Gasteiger partial charge in [0.15, 0.2) is 0 Å². The largest absolute Gasteiger partial charge is 0.381 e. The van der Waals surface area contributed by atoms with E-state index in [1.807, 2.05) is 0 Å². The number of nitrogens with one attached hydrogen (secondary N) is 8. The zero-order valence-corrected chi connectivity index (χ0v) is 58.2. The summed E-state index contributed by atoms with van der Waals surface area (Å²) in [6.07, 6.45) is 1.64. The first-order valence-corrected chi connectivity index (χ1v) is 35.9. The monoisotopic (exact) mass is 1480 g/mol. The highest BCUT2D eigenvalue weighted by Crippen LogP contribution is 2.38. The summed E-state index contributed by atoms with van der Waals surface area (Å²) in [6, 6.07) is 15.8. The van der Waals surface area contributed by atoms with Crippen LogP contribution in [0.5, 0.6) is 0 Å². The number of benzene rings is 4. The summed E-state index contributed by atoms with van der Waals surface area (Å²) in [5.74, 6) is -1.16. The Morgan fingerprint density at radius 2 is 0.632 bits per heavy atom. The van der Waals surface area contributed by atoms with Crippen molar-refractivity contribution in [2.75, 3.05) is 60.9 Å². The number of alkyl halides is 4. The smallest absolute Gasteiger partial charge is 0.330 e. The second kappa shape index (κ2) is 32.1. The van der Waals surface area contributed by atoms with Gasteiger partial charge in [0.05, 0.1) is 46.4 Å². The molecule has 4 aromatic heterocycles. The molecule has 4 fully saturated rings. The lowest BCUT2D eigenvalue weighted by Crippen LogP contribution is -2.45. The second-order valence-corrected chi connectivity index (χ2v) is 28.2. The minimum atomic E-state index is -1.49. The van der Waals surface area contributed by atoms with E-state index in [0.717, 1.165) is 43.2 Å². The zero-order valence-electron chi connectivity index (χ0n) is 58.2. The van der Waals surface area contributed by atoms with E-state index in [1.165, 1.54) is 66.8 Å². The van der Waals surface area contributed by atoms with Crippen molar-refractivity contribution in [3.05, 3.63) is 247 Å². The fourth-order valence-corrected chi connectivity index (χ4v) is 15.7. The van der Waals surface area contributed by atoms with Crippen LogP contribution in [0, 0.1) is 37.1 Å². The number of nitrogens with zero attached hydrogens (tertiary/aromatic N) is 4. The van der Waals surface area contributed by atoms with Gasteiger partial charge in [-0.3, -0.25) is 57.4 Å². The number of ether oxygens (including phenoxy) is 3. The topological polar surface area (TPSA) is 295 Å². The average Bonchev–Trinajstić information content (AvgIpc) is 0.780. The normalized spacial score (nSPS) is 23.1. The number of halogens is 8. The van der Waals surface area contributed by atoms with Crippen molar-refractivity contribution < 1.29 is 49.3 Å². The molecule has 0 unspecified atom stereocenters. The number of aryl methyl sites for hydroxylation is 2. The summed E-state index contributed by atoms with van der Waals surface area (Å²) in [7, 11) is 0. The van der Waals surface area contributed by atoms with Gasteiger partial charge in [0.2, 0.25) is 0 Å². The van der Waals surface area contributed by atoms with Crippen LogP contribution < -0.4 is 66.3 Å². The van der Waals surface area contributed by atoms with Gasteiger partial charge in [-0.1, -0.05) is 78.9 Å². The molecule has 0 bridgehead atoms. The first-order valence-electron chi connectivity index (χ1n) is 35.9. The van der Waals surface area contributed by atoms with Crippen LogP contribution >= 0.6 is 0 Å². The molecule has 0 spiro atoms. The van der Waals surface area contributed by atoms with Crippen molar-refractivity contribution in [2.24, 2.45) is 0 Å². The summed E-state index contributed by atoms with van der Waals surface area (Å²) < 4.78 is 135. The molecule has 1 saturated carbocycles. The maximum atomic E-state index is 14.9. The molecule has 23 nitrogen and oxygen atoms in total. The molecule has 8 atom stereocenters. The highest BCUT2D eigenvalue weighted by Gasteiger charge is 2.40. The number of H-pyrrole nitrogens is 4. The van der Waals surface area contributed by atoms with Gasteiger partial charge in [-0.2, -0.15) is 0 Å². The van der Waals surface area contributed by atoms with Crippen molar-refractivity contribution in [3.63, 3.8) is 0 Å². The van der Waals surface area contributed by atoms with Gasteiger partial charge in [0.1, 0.15) is 71.2 Å². The molecular weight excluding hydrogens is 1400 g/mol. The third-order valence-electron chi connectivity index (χ3n) is 21.2. The summed E-state index contributed by atoms with van der Waals surface area (Å²) in [4.78, 5) is 112. The molecule has 0 amide bonds. The molecule has 106 heavy (non-hydrogen) atoms. The molecule has 1 aliphatic carbocycles. The Labute approximate surface area is 599 Å². The van der Waals surface area contributed by atoms with Crippen LogP contribution in [0.1, 0.15) is 175 Å². The number of hydrogen-bond acceptors (Lipinski definition) is 15. The van der Waals surface area contributed by atoms with E-state index >= 15 is 0 Å². The number of anilines is 4. The minimum Gasteiger partial charge on any atom is -0.381 e. The van der Waals surface area contributed by atoms with Crippen molar-refractivity contribution in [1.29, 1.82) is 0 Å². The van der Waals surface area contributed by atoms with E-state index in [0.29, 0.717) is 89.3 Å². The molecular formula is C75H82F8N12O11. The highest BCUT2D eigenvalue weighted by atomic mass is 19.2. The SMILES string of the molecule is Cc1ccc(F)c([C@@H]2Nc3[nH]c(=O)n(C4CCCCC4)c(=O)c3C[C@@H]2F)c1.Cc1ccc(F)c([C@@H]2Nc3[nH]c(=O)n(C4CCOCC4)c(=O)c3C[C@H]2F)c1.O=c1[nH]c2c(c(=O)n1C1CCOCC1)C[C@@H](F)[C@H](c1cccc(F)c1)N2.O=c1[nH]c2c(c(=O)n1C1CCOCC1)C[C@H](F)[C@H](c1cccc(F)c1)N2. The Morgan fingerprint density at radius 1 is 0.349 bits per heavy atom. The van der Waals surface area contributed by atoms with Crippen molar-refractivity contribution in [2.45, 2.75) is 183 Å². The van der Waals surface area contributed by atoms with E-state index in [-0.39, 0.29) is 107 Å². The molecule has 8 aromatic rings. The molecule has 0 radical (unpaired) electrons. The van der Waals surface area contributed by atoms with Crippen molar-refractivity contribution >= 4 is 23.3 Å².